The van der Waals surface area contributed by atoms with Gasteiger partial charge in [0.05, 0.1) is 6.61 Å². The molecule has 0 bridgehead atoms. The van der Waals surface area contributed by atoms with E-state index in [1.165, 1.54) is 0 Å². The molecule has 0 fully saturated rings. The average molecular weight is 210 g/mol. The van der Waals surface area contributed by atoms with Gasteiger partial charge in [0.2, 0.25) is 0 Å². The van der Waals surface area contributed by atoms with Gasteiger partial charge in [-0.3, -0.25) is 0 Å². The maximum absolute atomic E-state index is 8.86. The van der Waals surface area contributed by atoms with Crippen molar-refractivity contribution in [2.45, 2.75) is 6.92 Å². The zero-order chi connectivity index (χ0) is 11.1. The van der Waals surface area contributed by atoms with Crippen molar-refractivity contribution in [3.8, 4) is 5.75 Å². The van der Waals surface area contributed by atoms with Gasteiger partial charge in [-0.15, -0.1) is 0 Å². The molecule has 0 spiro atoms. The van der Waals surface area contributed by atoms with Crippen molar-refractivity contribution in [1.29, 1.82) is 0 Å². The van der Waals surface area contributed by atoms with Crippen LogP contribution in [0.5, 0.6) is 5.75 Å². The number of rotatable bonds is 6. The van der Waals surface area contributed by atoms with Crippen molar-refractivity contribution >= 4 is 12.6 Å². The van der Waals surface area contributed by atoms with Gasteiger partial charge in [0.1, 0.15) is 12.4 Å². The van der Waals surface area contributed by atoms with Crippen LogP contribution in [0.2, 0.25) is 0 Å². The summed E-state index contributed by atoms with van der Waals surface area (Å²) >= 11 is 0. The first-order valence-corrected chi connectivity index (χ1v) is 4.90. The van der Waals surface area contributed by atoms with Gasteiger partial charge in [-0.2, -0.15) is 0 Å². The van der Waals surface area contributed by atoms with E-state index in [0.29, 0.717) is 31.0 Å². The van der Waals surface area contributed by atoms with E-state index in [1.807, 2.05) is 6.92 Å². The zero-order valence-corrected chi connectivity index (χ0v) is 8.72. The molecular formula is C10H15BO4. The van der Waals surface area contributed by atoms with E-state index in [4.69, 9.17) is 19.5 Å². The monoisotopic (exact) mass is 210 g/mol. The summed E-state index contributed by atoms with van der Waals surface area (Å²) in [4.78, 5) is 0. The Hall–Kier alpha value is -1.04. The molecule has 1 aromatic rings. The number of hydrogen-bond acceptors (Lipinski definition) is 4. The summed E-state index contributed by atoms with van der Waals surface area (Å²) in [5, 5.41) is 17.7. The highest BCUT2D eigenvalue weighted by Gasteiger charge is 2.09. The van der Waals surface area contributed by atoms with Gasteiger partial charge >= 0.3 is 7.12 Å². The second-order valence-corrected chi connectivity index (χ2v) is 2.99. The molecule has 5 heteroatoms. The normalized spacial score (nSPS) is 10.1. The molecule has 4 nitrogen and oxygen atoms in total. The van der Waals surface area contributed by atoms with Crippen LogP contribution >= 0.6 is 0 Å². The van der Waals surface area contributed by atoms with Gasteiger partial charge < -0.3 is 19.5 Å². The Morgan fingerprint density at radius 3 is 2.33 bits per heavy atom. The molecule has 0 radical (unpaired) electrons. The molecule has 0 heterocycles. The van der Waals surface area contributed by atoms with E-state index in [0.717, 1.165) is 0 Å². The van der Waals surface area contributed by atoms with Crippen molar-refractivity contribution in [3.63, 3.8) is 0 Å². The van der Waals surface area contributed by atoms with Crippen LogP contribution in [0.1, 0.15) is 6.92 Å². The van der Waals surface area contributed by atoms with E-state index in [9.17, 15) is 0 Å². The first-order valence-electron chi connectivity index (χ1n) is 4.90. The molecule has 0 saturated carbocycles. The highest BCUT2D eigenvalue weighted by atomic mass is 16.5. The lowest BCUT2D eigenvalue weighted by molar-refractivity contribution is 0.110. The number of hydrogen-bond donors (Lipinski definition) is 2. The molecule has 0 aliphatic carbocycles. The summed E-state index contributed by atoms with van der Waals surface area (Å²) < 4.78 is 10.5. The lowest BCUT2D eigenvalue weighted by Crippen LogP contribution is -2.29. The predicted molar refractivity (Wildman–Crippen MR) is 58.3 cm³/mol. The summed E-state index contributed by atoms with van der Waals surface area (Å²) in [6, 6.07) is 6.61. The van der Waals surface area contributed by atoms with Crippen LogP contribution in [0.25, 0.3) is 0 Å². The van der Waals surface area contributed by atoms with Crippen molar-refractivity contribution in [3.05, 3.63) is 24.3 Å². The van der Waals surface area contributed by atoms with Crippen molar-refractivity contribution in [2.24, 2.45) is 0 Å². The Kier molecular flexibility index (Phi) is 5.17. The summed E-state index contributed by atoms with van der Waals surface area (Å²) in [6.07, 6.45) is 0. The second kappa shape index (κ2) is 6.45. The van der Waals surface area contributed by atoms with Crippen molar-refractivity contribution < 1.29 is 19.5 Å². The fourth-order valence-corrected chi connectivity index (χ4v) is 1.10. The first-order chi connectivity index (χ1) is 7.24. The molecule has 1 aromatic carbocycles. The summed E-state index contributed by atoms with van der Waals surface area (Å²) in [5.74, 6) is 0.694. The topological polar surface area (TPSA) is 58.9 Å². The molecule has 0 atom stereocenters. The van der Waals surface area contributed by atoms with E-state index >= 15 is 0 Å². The van der Waals surface area contributed by atoms with Crippen LogP contribution in [-0.4, -0.2) is 37.0 Å². The van der Waals surface area contributed by atoms with E-state index in [1.54, 1.807) is 24.3 Å². The van der Waals surface area contributed by atoms with Gasteiger partial charge in [0.15, 0.2) is 0 Å². The van der Waals surface area contributed by atoms with Crippen molar-refractivity contribution in [2.75, 3.05) is 19.8 Å². The molecule has 1 rings (SSSR count). The van der Waals surface area contributed by atoms with Crippen molar-refractivity contribution in [1.82, 2.24) is 0 Å². The average Bonchev–Trinajstić information content (AvgIpc) is 2.25. The molecule has 0 unspecified atom stereocenters. The SMILES string of the molecule is CCOCCOc1ccc(B(O)O)cc1. The maximum Gasteiger partial charge on any atom is 0.488 e. The Balaban J connectivity index is 2.36. The third kappa shape index (κ3) is 4.33. The van der Waals surface area contributed by atoms with Crippen LogP contribution in [0.15, 0.2) is 24.3 Å². The maximum atomic E-state index is 8.86. The summed E-state index contributed by atoms with van der Waals surface area (Å²) in [5.41, 5.74) is 0.451. The van der Waals surface area contributed by atoms with Crippen LogP contribution in [0.4, 0.5) is 0 Å². The van der Waals surface area contributed by atoms with Gasteiger partial charge in [-0.05, 0) is 24.5 Å². The minimum Gasteiger partial charge on any atom is -0.491 e. The summed E-state index contributed by atoms with van der Waals surface area (Å²) in [6.45, 7) is 3.66. The van der Waals surface area contributed by atoms with Crippen LogP contribution < -0.4 is 10.2 Å². The quantitative estimate of drug-likeness (QED) is 0.503. The van der Waals surface area contributed by atoms with Gasteiger partial charge in [0.25, 0.3) is 0 Å². The molecular weight excluding hydrogens is 195 g/mol. The Morgan fingerprint density at radius 1 is 1.13 bits per heavy atom. The van der Waals surface area contributed by atoms with Crippen LogP contribution in [0, 0.1) is 0 Å². The van der Waals surface area contributed by atoms with Crippen LogP contribution in [-0.2, 0) is 4.74 Å². The van der Waals surface area contributed by atoms with E-state index in [-0.39, 0.29) is 0 Å². The molecule has 15 heavy (non-hydrogen) atoms. The lowest BCUT2D eigenvalue weighted by Gasteiger charge is -2.06. The molecule has 0 aliphatic heterocycles. The summed E-state index contributed by atoms with van der Waals surface area (Å²) in [7, 11) is -1.43. The predicted octanol–water partition coefficient (Wildman–Crippen LogP) is -0.218. The third-order valence-electron chi connectivity index (χ3n) is 1.88. The number of benzene rings is 1. The Bertz CT molecular complexity index is 273. The molecule has 82 valence electrons. The standard InChI is InChI=1S/C10H15BO4/c1-2-14-7-8-15-10-5-3-9(4-6-10)11(12)13/h3-6,12-13H,2,7-8H2,1H3. The van der Waals surface area contributed by atoms with Gasteiger partial charge in [-0.1, -0.05) is 12.1 Å². The number of ether oxygens (including phenoxy) is 2. The Labute approximate surface area is 89.6 Å². The minimum atomic E-state index is -1.43. The smallest absolute Gasteiger partial charge is 0.488 e. The minimum absolute atomic E-state index is 0.451. The zero-order valence-electron chi connectivity index (χ0n) is 8.72. The molecule has 0 amide bonds. The highest BCUT2D eigenvalue weighted by molar-refractivity contribution is 6.58. The fourth-order valence-electron chi connectivity index (χ4n) is 1.10. The van der Waals surface area contributed by atoms with E-state index < -0.39 is 7.12 Å². The first kappa shape index (κ1) is 12.0. The van der Waals surface area contributed by atoms with Gasteiger partial charge in [-0.25, -0.2) is 0 Å². The largest absolute Gasteiger partial charge is 0.491 e. The van der Waals surface area contributed by atoms with Gasteiger partial charge in [0, 0.05) is 6.61 Å². The fraction of sp³-hybridized carbons (Fsp3) is 0.400. The third-order valence-corrected chi connectivity index (χ3v) is 1.88. The highest BCUT2D eigenvalue weighted by Crippen LogP contribution is 2.07. The second-order valence-electron chi connectivity index (χ2n) is 2.99. The molecule has 0 aromatic heterocycles. The van der Waals surface area contributed by atoms with Crippen LogP contribution in [0.3, 0.4) is 0 Å². The Morgan fingerprint density at radius 2 is 1.80 bits per heavy atom. The van der Waals surface area contributed by atoms with E-state index in [2.05, 4.69) is 0 Å². The molecule has 0 aliphatic rings. The molecule has 0 saturated heterocycles. The lowest BCUT2D eigenvalue weighted by atomic mass is 9.80. The molecule has 2 N–H and O–H groups in total.